The monoisotopic (exact) mass is 436 g/mol. The van der Waals surface area contributed by atoms with Crippen LogP contribution in [0.4, 0.5) is 13.2 Å². The Hall–Kier alpha value is -2.88. The number of halogens is 3. The molecular weight excluding hydrogens is 409 g/mol. The first-order valence-corrected chi connectivity index (χ1v) is 10.8. The predicted molar refractivity (Wildman–Crippen MR) is 125 cm³/mol. The molecule has 0 heterocycles. The van der Waals surface area contributed by atoms with Crippen LogP contribution in [0.15, 0.2) is 54.6 Å². The summed E-state index contributed by atoms with van der Waals surface area (Å²) in [5.74, 6) is 0. The molecule has 166 valence electrons. The molecule has 0 spiro atoms. The second-order valence-corrected chi connectivity index (χ2v) is 10.1. The third-order valence-electron chi connectivity index (χ3n) is 6.81. The van der Waals surface area contributed by atoms with Crippen LogP contribution in [0.25, 0.3) is 22.4 Å². The van der Waals surface area contributed by atoms with Crippen molar-refractivity contribution < 1.29 is 18.0 Å². The molecule has 3 aromatic carbocycles. The number of carbonyl (C=O) groups excluding carboxylic acids is 1. The van der Waals surface area contributed by atoms with E-state index in [9.17, 15) is 18.0 Å². The maximum absolute atomic E-state index is 13.1. The summed E-state index contributed by atoms with van der Waals surface area (Å²) < 4.78 is 39.3. The van der Waals surface area contributed by atoms with Gasteiger partial charge in [0.2, 0.25) is 0 Å². The van der Waals surface area contributed by atoms with E-state index < -0.39 is 11.7 Å². The Bertz CT molecular complexity index is 1230. The lowest BCUT2D eigenvalue weighted by molar-refractivity contribution is -0.137. The van der Waals surface area contributed by atoms with Crippen molar-refractivity contribution in [2.75, 3.05) is 0 Å². The van der Waals surface area contributed by atoms with Gasteiger partial charge < -0.3 is 0 Å². The summed E-state index contributed by atoms with van der Waals surface area (Å²) in [5.41, 5.74) is 3.40. The van der Waals surface area contributed by atoms with E-state index in [-0.39, 0.29) is 22.0 Å². The van der Waals surface area contributed by atoms with Crippen LogP contribution in [0.2, 0.25) is 0 Å². The zero-order chi connectivity index (χ0) is 23.3. The van der Waals surface area contributed by atoms with Gasteiger partial charge in [-0.25, -0.2) is 0 Å². The first-order chi connectivity index (χ1) is 14.9. The van der Waals surface area contributed by atoms with Crippen LogP contribution in [-0.4, -0.2) is 6.29 Å². The molecule has 4 heteroatoms. The van der Waals surface area contributed by atoms with Gasteiger partial charge in [-0.15, -0.1) is 0 Å². The molecule has 1 aliphatic rings. The van der Waals surface area contributed by atoms with E-state index in [1.807, 2.05) is 18.2 Å². The summed E-state index contributed by atoms with van der Waals surface area (Å²) in [6, 6.07) is 15.3. The molecule has 0 amide bonds. The number of rotatable bonds is 3. The molecular formula is C28H27F3O. The Morgan fingerprint density at radius 1 is 0.844 bits per heavy atom. The number of benzene rings is 3. The molecule has 4 rings (SSSR count). The van der Waals surface area contributed by atoms with Gasteiger partial charge in [-0.2, -0.15) is 13.2 Å². The number of carbonyl (C=O) groups is 1. The van der Waals surface area contributed by atoms with Crippen molar-refractivity contribution in [1.82, 2.24) is 0 Å². The summed E-state index contributed by atoms with van der Waals surface area (Å²) in [6.07, 6.45) is 0.0587. The zero-order valence-corrected chi connectivity index (χ0v) is 18.8. The van der Waals surface area contributed by atoms with Gasteiger partial charge >= 0.3 is 6.18 Å². The molecule has 1 aliphatic carbocycles. The number of alkyl halides is 3. The highest BCUT2D eigenvalue weighted by Gasteiger charge is 2.37. The summed E-state index contributed by atoms with van der Waals surface area (Å²) in [6.45, 7) is 9.12. The molecule has 0 aliphatic heterocycles. The van der Waals surface area contributed by atoms with Gasteiger partial charge in [-0.05, 0) is 81.0 Å². The lowest BCUT2D eigenvalue weighted by Gasteiger charge is -2.42. The molecule has 0 unspecified atom stereocenters. The molecule has 0 radical (unpaired) electrons. The van der Waals surface area contributed by atoms with Crippen LogP contribution in [0.5, 0.6) is 0 Å². The summed E-state index contributed by atoms with van der Waals surface area (Å²) in [4.78, 5) is 11.7. The Labute approximate surface area is 187 Å². The van der Waals surface area contributed by atoms with E-state index in [1.165, 1.54) is 23.3 Å². The smallest absolute Gasteiger partial charge is 0.298 e. The largest absolute Gasteiger partial charge is 0.416 e. The highest BCUT2D eigenvalue weighted by Crippen LogP contribution is 2.47. The maximum atomic E-state index is 13.1. The second-order valence-electron chi connectivity index (χ2n) is 10.1. The van der Waals surface area contributed by atoms with E-state index in [4.69, 9.17) is 0 Å². The molecule has 0 aromatic heterocycles. The molecule has 3 aromatic rings. The van der Waals surface area contributed by atoms with E-state index in [1.54, 1.807) is 6.08 Å². The minimum atomic E-state index is -4.45. The van der Waals surface area contributed by atoms with E-state index in [0.29, 0.717) is 6.29 Å². The number of fused-ring (bicyclic) bond motifs is 2. The molecule has 0 saturated carbocycles. The Morgan fingerprint density at radius 2 is 1.47 bits per heavy atom. The van der Waals surface area contributed by atoms with E-state index in [2.05, 4.69) is 39.8 Å². The topological polar surface area (TPSA) is 17.1 Å². The third kappa shape index (κ3) is 4.11. The predicted octanol–water partition coefficient (Wildman–Crippen LogP) is 7.95. The molecule has 0 bridgehead atoms. The van der Waals surface area contributed by atoms with Gasteiger partial charge in [0.1, 0.15) is 0 Å². The molecule has 0 fully saturated rings. The fourth-order valence-corrected chi connectivity index (χ4v) is 4.66. The summed E-state index contributed by atoms with van der Waals surface area (Å²) >= 11 is 0. The lowest BCUT2D eigenvalue weighted by Crippen LogP contribution is -2.33. The second kappa shape index (κ2) is 7.61. The average Bonchev–Trinajstić information content (AvgIpc) is 2.74. The molecule has 0 atom stereocenters. The molecule has 0 N–H and O–H groups in total. The fraction of sp³-hybridized carbons (Fsp3) is 0.321. The van der Waals surface area contributed by atoms with Crippen LogP contribution >= 0.6 is 0 Å². The molecule has 32 heavy (non-hydrogen) atoms. The first-order valence-electron chi connectivity index (χ1n) is 10.8. The van der Waals surface area contributed by atoms with Gasteiger partial charge in [0, 0.05) is 5.57 Å². The first kappa shape index (κ1) is 22.3. The van der Waals surface area contributed by atoms with Crippen molar-refractivity contribution in [3.63, 3.8) is 0 Å². The van der Waals surface area contributed by atoms with Crippen molar-refractivity contribution in [3.8, 4) is 0 Å². The van der Waals surface area contributed by atoms with Crippen molar-refractivity contribution >= 4 is 28.7 Å². The number of hydrogen-bond donors (Lipinski definition) is 0. The highest BCUT2D eigenvalue weighted by molar-refractivity contribution is 6.13. The maximum Gasteiger partial charge on any atom is 0.416 e. The zero-order valence-electron chi connectivity index (χ0n) is 18.8. The van der Waals surface area contributed by atoms with Gasteiger partial charge in [-0.3, -0.25) is 4.79 Å². The Kier molecular flexibility index (Phi) is 5.31. The number of aldehydes is 1. The summed E-state index contributed by atoms with van der Waals surface area (Å²) in [5, 5.41) is 2.19. The lowest BCUT2D eigenvalue weighted by atomic mass is 9.63. The van der Waals surface area contributed by atoms with Gasteiger partial charge in [0.25, 0.3) is 0 Å². The molecule has 0 saturated heterocycles. The quantitative estimate of drug-likeness (QED) is 0.231. The van der Waals surface area contributed by atoms with Crippen molar-refractivity contribution in [2.45, 2.75) is 57.5 Å². The minimum absolute atomic E-state index is 0.0802. The molecule has 1 nitrogen and oxygen atoms in total. The van der Waals surface area contributed by atoms with Crippen molar-refractivity contribution in [2.24, 2.45) is 0 Å². The van der Waals surface area contributed by atoms with Crippen LogP contribution in [0.3, 0.4) is 0 Å². The standard InChI is InChI=1S/C28H27F3O/c1-26(2)10-11-27(3,4)25-16-21-12-18(8-9-20(21)15-24(25)26)13-22(17-32)19-6-5-7-23(14-19)28(29,30)31/h5-9,12-17H,10-11H2,1-4H3/b22-13+. The average molecular weight is 437 g/mol. The van der Waals surface area contributed by atoms with Crippen LogP contribution < -0.4 is 0 Å². The SMILES string of the molecule is CC1(C)CCC(C)(C)c2cc3cc(/C=C(\C=O)c4cccc(C(F)(F)F)c4)ccc3cc21. The highest BCUT2D eigenvalue weighted by atomic mass is 19.4. The normalized spacial score (nSPS) is 17.8. The number of allylic oxidation sites excluding steroid dienone is 1. The minimum Gasteiger partial charge on any atom is -0.298 e. The fourth-order valence-electron chi connectivity index (χ4n) is 4.66. The van der Waals surface area contributed by atoms with Crippen LogP contribution in [-0.2, 0) is 21.8 Å². The Morgan fingerprint density at radius 3 is 2.06 bits per heavy atom. The van der Waals surface area contributed by atoms with Gasteiger partial charge in [-0.1, -0.05) is 64.1 Å². The summed E-state index contributed by atoms with van der Waals surface area (Å²) in [7, 11) is 0. The number of hydrogen-bond acceptors (Lipinski definition) is 1. The van der Waals surface area contributed by atoms with Gasteiger partial charge in [0.15, 0.2) is 6.29 Å². The van der Waals surface area contributed by atoms with Crippen LogP contribution in [0.1, 0.15) is 68.4 Å². The van der Waals surface area contributed by atoms with Crippen molar-refractivity contribution in [1.29, 1.82) is 0 Å². The van der Waals surface area contributed by atoms with E-state index in [0.717, 1.165) is 41.3 Å². The van der Waals surface area contributed by atoms with E-state index >= 15 is 0 Å². The van der Waals surface area contributed by atoms with Gasteiger partial charge in [0.05, 0.1) is 5.56 Å². The van der Waals surface area contributed by atoms with Crippen LogP contribution in [0, 0.1) is 0 Å². The third-order valence-corrected chi connectivity index (χ3v) is 6.81. The Balaban J connectivity index is 1.80. The van der Waals surface area contributed by atoms with Crippen molar-refractivity contribution in [3.05, 3.63) is 82.4 Å².